The lowest BCUT2D eigenvalue weighted by Crippen LogP contribution is -2.28. The predicted molar refractivity (Wildman–Crippen MR) is 59.4 cm³/mol. The third-order valence-electron chi connectivity index (χ3n) is 2.43. The van der Waals surface area contributed by atoms with Crippen LogP contribution in [0.4, 0.5) is 0 Å². The second-order valence-corrected chi connectivity index (χ2v) is 3.63. The van der Waals surface area contributed by atoms with Crippen molar-refractivity contribution in [1.29, 1.82) is 0 Å². The quantitative estimate of drug-likeness (QED) is 0.844. The molecule has 90 valence electrons. The van der Waals surface area contributed by atoms with Crippen molar-refractivity contribution in [3.05, 3.63) is 47.8 Å². The van der Waals surface area contributed by atoms with E-state index < -0.39 is 6.10 Å². The van der Waals surface area contributed by atoms with Gasteiger partial charge >= 0.3 is 0 Å². The summed E-state index contributed by atoms with van der Waals surface area (Å²) in [5, 5.41) is 12.3. The number of hydrogen-bond donors (Lipinski definition) is 2. The van der Waals surface area contributed by atoms with Gasteiger partial charge in [-0.1, -0.05) is 0 Å². The summed E-state index contributed by atoms with van der Waals surface area (Å²) in [6.45, 7) is 1.80. The molecular weight excluding hydrogens is 222 g/mol. The molecule has 17 heavy (non-hydrogen) atoms. The number of carbonyl (C=O) groups is 1. The molecule has 0 bridgehead atoms. The Morgan fingerprint density at radius 2 is 2.24 bits per heavy atom. The number of nitrogens with one attached hydrogen (secondary N) is 1. The van der Waals surface area contributed by atoms with Gasteiger partial charge in [-0.05, 0) is 25.1 Å². The van der Waals surface area contributed by atoms with Crippen LogP contribution < -0.4 is 5.32 Å². The molecule has 1 unspecified atom stereocenters. The highest BCUT2D eigenvalue weighted by Crippen LogP contribution is 2.13. The third kappa shape index (κ3) is 2.57. The molecule has 0 spiro atoms. The van der Waals surface area contributed by atoms with E-state index in [2.05, 4.69) is 5.32 Å². The van der Waals surface area contributed by atoms with E-state index in [4.69, 9.17) is 8.83 Å². The maximum atomic E-state index is 11.7. The predicted octanol–water partition coefficient (Wildman–Crippen LogP) is 1.64. The van der Waals surface area contributed by atoms with Gasteiger partial charge in [0.2, 0.25) is 0 Å². The lowest BCUT2D eigenvalue weighted by atomic mass is 10.2. The molecule has 0 aliphatic rings. The molecule has 0 fully saturated rings. The molecule has 2 aromatic rings. The van der Waals surface area contributed by atoms with Crippen molar-refractivity contribution in [3.63, 3.8) is 0 Å². The SMILES string of the molecule is Cc1occc1C(=O)NCC(O)c1ccco1. The average Bonchev–Trinajstić information content (AvgIpc) is 2.95. The molecule has 0 aliphatic carbocycles. The summed E-state index contributed by atoms with van der Waals surface area (Å²) in [7, 11) is 0. The van der Waals surface area contributed by atoms with Crippen LogP contribution in [0.5, 0.6) is 0 Å². The van der Waals surface area contributed by atoms with Gasteiger partial charge in [-0.3, -0.25) is 4.79 Å². The fraction of sp³-hybridized carbons (Fsp3) is 0.250. The first-order chi connectivity index (χ1) is 8.18. The van der Waals surface area contributed by atoms with Crippen LogP contribution in [0.3, 0.4) is 0 Å². The van der Waals surface area contributed by atoms with Crippen molar-refractivity contribution in [2.45, 2.75) is 13.0 Å². The summed E-state index contributed by atoms with van der Waals surface area (Å²) in [4.78, 5) is 11.7. The number of rotatable bonds is 4. The second kappa shape index (κ2) is 4.88. The molecule has 2 heterocycles. The van der Waals surface area contributed by atoms with Gasteiger partial charge in [0.15, 0.2) is 0 Å². The normalized spacial score (nSPS) is 12.4. The van der Waals surface area contributed by atoms with Crippen LogP contribution in [0.15, 0.2) is 39.6 Å². The minimum absolute atomic E-state index is 0.0942. The van der Waals surface area contributed by atoms with E-state index in [1.165, 1.54) is 12.5 Å². The molecule has 0 saturated carbocycles. The molecule has 0 aliphatic heterocycles. The van der Waals surface area contributed by atoms with Crippen LogP contribution in [0.1, 0.15) is 28.0 Å². The number of hydrogen-bond acceptors (Lipinski definition) is 4. The van der Waals surface area contributed by atoms with E-state index in [0.717, 1.165) is 0 Å². The summed E-state index contributed by atoms with van der Waals surface area (Å²) in [5.41, 5.74) is 0.469. The zero-order chi connectivity index (χ0) is 12.3. The number of aliphatic hydroxyl groups is 1. The van der Waals surface area contributed by atoms with E-state index in [1.807, 2.05) is 0 Å². The van der Waals surface area contributed by atoms with Crippen LogP contribution in [-0.4, -0.2) is 17.6 Å². The van der Waals surface area contributed by atoms with Gasteiger partial charge in [-0.15, -0.1) is 0 Å². The molecule has 2 rings (SSSR count). The molecule has 5 heteroatoms. The van der Waals surface area contributed by atoms with Gasteiger partial charge in [0.25, 0.3) is 5.91 Å². The lowest BCUT2D eigenvalue weighted by molar-refractivity contribution is 0.0899. The number of amides is 1. The Morgan fingerprint density at radius 1 is 1.41 bits per heavy atom. The minimum atomic E-state index is -0.846. The monoisotopic (exact) mass is 235 g/mol. The summed E-state index contributed by atoms with van der Waals surface area (Å²) in [6, 6.07) is 4.92. The molecule has 0 aromatic carbocycles. The maximum Gasteiger partial charge on any atom is 0.254 e. The van der Waals surface area contributed by atoms with Gasteiger partial charge in [0.1, 0.15) is 17.6 Å². The van der Waals surface area contributed by atoms with Crippen molar-refractivity contribution in [2.24, 2.45) is 0 Å². The Balaban J connectivity index is 1.91. The number of aryl methyl sites for hydroxylation is 1. The highest BCUT2D eigenvalue weighted by molar-refractivity contribution is 5.95. The van der Waals surface area contributed by atoms with E-state index in [1.54, 1.807) is 25.1 Å². The lowest BCUT2D eigenvalue weighted by Gasteiger charge is -2.08. The first-order valence-corrected chi connectivity index (χ1v) is 5.22. The average molecular weight is 235 g/mol. The van der Waals surface area contributed by atoms with Gasteiger partial charge in [-0.25, -0.2) is 0 Å². The molecule has 1 atom stereocenters. The zero-order valence-electron chi connectivity index (χ0n) is 9.34. The number of furan rings is 2. The van der Waals surface area contributed by atoms with Crippen LogP contribution in [0, 0.1) is 6.92 Å². The van der Waals surface area contributed by atoms with Crippen molar-refractivity contribution >= 4 is 5.91 Å². The van der Waals surface area contributed by atoms with Gasteiger partial charge in [0, 0.05) is 0 Å². The Bertz CT molecular complexity index is 486. The fourth-order valence-electron chi connectivity index (χ4n) is 1.49. The van der Waals surface area contributed by atoms with Crippen molar-refractivity contribution in [2.75, 3.05) is 6.54 Å². The first-order valence-electron chi connectivity index (χ1n) is 5.22. The van der Waals surface area contributed by atoms with E-state index in [0.29, 0.717) is 17.1 Å². The minimum Gasteiger partial charge on any atom is -0.469 e. The summed E-state index contributed by atoms with van der Waals surface area (Å²) >= 11 is 0. The topological polar surface area (TPSA) is 75.6 Å². The zero-order valence-corrected chi connectivity index (χ0v) is 9.34. The summed E-state index contributed by atoms with van der Waals surface area (Å²) in [6.07, 6.45) is 2.08. The number of carbonyl (C=O) groups excluding carboxylic acids is 1. The van der Waals surface area contributed by atoms with Crippen molar-refractivity contribution < 1.29 is 18.7 Å². The molecule has 1 amide bonds. The van der Waals surface area contributed by atoms with Crippen LogP contribution in [0.2, 0.25) is 0 Å². The molecule has 0 saturated heterocycles. The summed E-state index contributed by atoms with van der Waals surface area (Å²) < 4.78 is 10.0. The molecule has 2 N–H and O–H groups in total. The van der Waals surface area contributed by atoms with E-state index >= 15 is 0 Å². The summed E-state index contributed by atoms with van der Waals surface area (Å²) in [5.74, 6) is 0.700. The third-order valence-corrected chi connectivity index (χ3v) is 2.43. The van der Waals surface area contributed by atoms with E-state index in [-0.39, 0.29) is 12.5 Å². The van der Waals surface area contributed by atoms with Crippen LogP contribution in [0.25, 0.3) is 0 Å². The molecule has 5 nitrogen and oxygen atoms in total. The standard InChI is InChI=1S/C12H13NO4/c1-8-9(4-6-16-8)12(15)13-7-10(14)11-3-2-5-17-11/h2-6,10,14H,7H2,1H3,(H,13,15). The Hall–Kier alpha value is -2.01. The van der Waals surface area contributed by atoms with Crippen LogP contribution in [-0.2, 0) is 0 Å². The highest BCUT2D eigenvalue weighted by Gasteiger charge is 2.15. The van der Waals surface area contributed by atoms with E-state index in [9.17, 15) is 9.90 Å². The van der Waals surface area contributed by atoms with Crippen molar-refractivity contribution in [3.8, 4) is 0 Å². The molecule has 0 radical (unpaired) electrons. The van der Waals surface area contributed by atoms with Crippen LogP contribution >= 0.6 is 0 Å². The highest BCUT2D eigenvalue weighted by atomic mass is 16.4. The fourth-order valence-corrected chi connectivity index (χ4v) is 1.49. The van der Waals surface area contributed by atoms with Crippen molar-refractivity contribution in [1.82, 2.24) is 5.32 Å². The van der Waals surface area contributed by atoms with Gasteiger partial charge in [-0.2, -0.15) is 0 Å². The Labute approximate surface area is 98.0 Å². The van der Waals surface area contributed by atoms with Gasteiger partial charge < -0.3 is 19.3 Å². The number of aliphatic hydroxyl groups excluding tert-OH is 1. The Morgan fingerprint density at radius 3 is 2.82 bits per heavy atom. The second-order valence-electron chi connectivity index (χ2n) is 3.63. The van der Waals surface area contributed by atoms with Gasteiger partial charge in [0.05, 0.1) is 24.6 Å². The largest absolute Gasteiger partial charge is 0.469 e. The first kappa shape index (κ1) is 11.5. The Kier molecular flexibility index (Phi) is 3.30. The maximum absolute atomic E-state index is 11.7. The molecular formula is C12H13NO4. The smallest absolute Gasteiger partial charge is 0.254 e. The molecule has 2 aromatic heterocycles.